The molecule has 1 aromatic carbocycles. The number of nitrogens with one attached hydrogen (secondary N) is 1. The molecule has 2 heterocycles. The Morgan fingerprint density at radius 2 is 2.04 bits per heavy atom. The molecular weight excluding hydrogens is 424 g/mol. The van der Waals surface area contributed by atoms with Crippen LogP contribution in [0.3, 0.4) is 0 Å². The number of hydrogen-bond donors (Lipinski definition) is 2. The third kappa shape index (κ3) is 2.94. The van der Waals surface area contributed by atoms with Gasteiger partial charge in [-0.1, -0.05) is 22.0 Å². The lowest BCUT2D eigenvalue weighted by atomic mass is 9.69. The molecule has 2 aromatic rings. The first-order valence-electron chi connectivity index (χ1n) is 9.02. The molecule has 2 aliphatic rings. The Balaban J connectivity index is 1.91. The van der Waals surface area contributed by atoms with Crippen molar-refractivity contribution in [2.45, 2.75) is 31.9 Å². The molecule has 6 nitrogen and oxygen atoms in total. The maximum Gasteiger partial charge on any atom is 0.314 e. The van der Waals surface area contributed by atoms with Gasteiger partial charge < -0.3 is 9.84 Å². The average molecular weight is 445 g/mol. The van der Waals surface area contributed by atoms with Crippen LogP contribution in [0.1, 0.15) is 34.7 Å². The third-order valence-electron chi connectivity index (χ3n) is 5.51. The van der Waals surface area contributed by atoms with Crippen LogP contribution >= 0.6 is 15.9 Å². The van der Waals surface area contributed by atoms with Crippen LogP contribution in [0, 0.1) is 19.8 Å². The maximum atomic E-state index is 12.8. The first kappa shape index (κ1) is 19.1. The highest BCUT2D eigenvalue weighted by atomic mass is 79.9. The molecule has 3 atom stereocenters. The first-order valence-corrected chi connectivity index (χ1v) is 9.82. The van der Waals surface area contributed by atoms with Crippen molar-refractivity contribution in [3.63, 3.8) is 0 Å². The minimum absolute atomic E-state index is 0.189. The first-order chi connectivity index (χ1) is 13.4. The molecule has 146 valence electrons. The fraction of sp³-hybridized carbons (Fsp3) is 0.333. The smallest absolute Gasteiger partial charge is 0.314 e. The Bertz CT molecular complexity index is 947. The van der Waals surface area contributed by atoms with E-state index in [-0.39, 0.29) is 18.1 Å². The van der Waals surface area contributed by atoms with Crippen LogP contribution in [0.5, 0.6) is 0 Å². The monoisotopic (exact) mass is 444 g/mol. The second-order valence-corrected chi connectivity index (χ2v) is 8.16. The predicted octanol–water partition coefficient (Wildman–Crippen LogP) is 3.94. The van der Waals surface area contributed by atoms with Gasteiger partial charge in [0.05, 0.1) is 7.11 Å². The molecule has 1 saturated heterocycles. The number of aryl methyl sites for hydroxylation is 2. The Kier molecular flexibility index (Phi) is 4.77. The number of benzene rings is 1. The number of esters is 1. The highest BCUT2D eigenvalue weighted by molar-refractivity contribution is 9.10. The molecule has 3 unspecified atom stereocenters. The van der Waals surface area contributed by atoms with Gasteiger partial charge in [0.1, 0.15) is 11.7 Å². The summed E-state index contributed by atoms with van der Waals surface area (Å²) in [5.41, 5.74) is 5.90. The van der Waals surface area contributed by atoms with Gasteiger partial charge in [-0.15, -0.1) is 0 Å². The van der Waals surface area contributed by atoms with E-state index in [4.69, 9.17) is 9.57 Å². The molecule has 4 rings (SSSR count). The number of aliphatic hydroxyl groups excluding tert-OH is 1. The molecule has 2 N–H and O–H groups in total. The van der Waals surface area contributed by atoms with Crippen LogP contribution in [0.4, 0.5) is 0 Å². The molecule has 0 saturated carbocycles. The Labute approximate surface area is 171 Å². The number of methoxy groups -OCH3 is 1. The van der Waals surface area contributed by atoms with Gasteiger partial charge in [-0.2, -0.15) is 5.48 Å². The van der Waals surface area contributed by atoms with Gasteiger partial charge in [0, 0.05) is 34.3 Å². The van der Waals surface area contributed by atoms with E-state index in [1.165, 1.54) is 7.11 Å². The van der Waals surface area contributed by atoms with Crippen LogP contribution in [0.15, 0.2) is 46.8 Å². The summed E-state index contributed by atoms with van der Waals surface area (Å²) >= 11 is 3.51. The fourth-order valence-corrected chi connectivity index (χ4v) is 5.01. The van der Waals surface area contributed by atoms with Gasteiger partial charge in [-0.05, 0) is 54.8 Å². The van der Waals surface area contributed by atoms with E-state index < -0.39 is 17.6 Å². The van der Waals surface area contributed by atoms with Crippen LogP contribution in [0.2, 0.25) is 0 Å². The minimum atomic E-state index is -1.14. The van der Waals surface area contributed by atoms with Gasteiger partial charge in [-0.3, -0.25) is 14.6 Å². The number of hydrogen-bond acceptors (Lipinski definition) is 6. The van der Waals surface area contributed by atoms with Crippen LogP contribution in [0.25, 0.3) is 5.57 Å². The molecule has 1 aliphatic carbocycles. The predicted molar refractivity (Wildman–Crippen MR) is 107 cm³/mol. The van der Waals surface area contributed by atoms with E-state index in [0.29, 0.717) is 11.3 Å². The zero-order chi connectivity index (χ0) is 20.1. The summed E-state index contributed by atoms with van der Waals surface area (Å²) in [4.78, 5) is 22.9. The number of nitrogens with zero attached hydrogens (tertiary/aromatic N) is 1. The number of ether oxygens (including phenoxy) is 1. The number of aromatic nitrogens is 1. The number of carbonyl (C=O) groups excluding carboxylic acids is 1. The average Bonchev–Trinajstić information content (AvgIpc) is 3.44. The molecule has 7 heteroatoms. The van der Waals surface area contributed by atoms with Gasteiger partial charge in [-0.25, -0.2) is 0 Å². The Hall–Kier alpha value is -2.22. The van der Waals surface area contributed by atoms with Crippen molar-refractivity contribution >= 4 is 27.5 Å². The summed E-state index contributed by atoms with van der Waals surface area (Å²) in [6.07, 6.45) is 1.95. The summed E-state index contributed by atoms with van der Waals surface area (Å²) in [5.74, 6) is -1.27. The van der Waals surface area contributed by atoms with E-state index in [2.05, 4.69) is 26.4 Å². The minimum Gasteiger partial charge on any atom is -0.512 e. The normalized spacial score (nSPS) is 26.4. The van der Waals surface area contributed by atoms with Crippen molar-refractivity contribution in [1.29, 1.82) is 0 Å². The van der Waals surface area contributed by atoms with Crippen molar-refractivity contribution in [3.8, 4) is 0 Å². The zero-order valence-corrected chi connectivity index (χ0v) is 17.4. The van der Waals surface area contributed by atoms with Gasteiger partial charge in [0.2, 0.25) is 5.72 Å². The van der Waals surface area contributed by atoms with Crippen molar-refractivity contribution in [3.05, 3.63) is 69.1 Å². The second kappa shape index (κ2) is 6.99. The van der Waals surface area contributed by atoms with Crippen molar-refractivity contribution < 1.29 is 19.5 Å². The fourth-order valence-electron chi connectivity index (χ4n) is 4.33. The lowest BCUT2D eigenvalue weighted by Crippen LogP contribution is -2.44. The number of rotatable bonds is 3. The molecule has 28 heavy (non-hydrogen) atoms. The third-order valence-corrected chi connectivity index (χ3v) is 5.96. The summed E-state index contributed by atoms with van der Waals surface area (Å²) in [6.45, 7) is 3.95. The summed E-state index contributed by atoms with van der Waals surface area (Å²) in [5, 5.41) is 11.1. The number of aliphatic hydroxyl groups is 1. The lowest BCUT2D eigenvalue weighted by Gasteiger charge is -2.35. The van der Waals surface area contributed by atoms with E-state index in [1.54, 1.807) is 6.20 Å². The van der Waals surface area contributed by atoms with Gasteiger partial charge >= 0.3 is 5.97 Å². The number of pyridine rings is 1. The highest BCUT2D eigenvalue weighted by Crippen LogP contribution is 2.55. The Morgan fingerprint density at radius 3 is 2.57 bits per heavy atom. The Morgan fingerprint density at radius 1 is 1.36 bits per heavy atom. The highest BCUT2D eigenvalue weighted by Gasteiger charge is 2.65. The molecule has 0 bridgehead atoms. The summed E-state index contributed by atoms with van der Waals surface area (Å²) < 4.78 is 6.07. The number of hydroxylamine groups is 1. The van der Waals surface area contributed by atoms with E-state index in [1.807, 2.05) is 44.2 Å². The number of allylic oxidation sites excluding steroid dienone is 1. The largest absolute Gasteiger partial charge is 0.512 e. The van der Waals surface area contributed by atoms with E-state index in [9.17, 15) is 9.90 Å². The molecule has 1 aromatic heterocycles. The molecule has 1 fully saturated rings. The van der Waals surface area contributed by atoms with Crippen LogP contribution in [-0.2, 0) is 14.4 Å². The topological polar surface area (TPSA) is 93.9 Å². The SMILES string of the molecule is COC(=O)C1C(c2ccccn2)CC(O)=C(c2c(C)cc(Br)cc2C)C12NO2. The maximum absolute atomic E-state index is 12.8. The van der Waals surface area contributed by atoms with E-state index >= 15 is 0 Å². The van der Waals surface area contributed by atoms with Gasteiger partial charge in [0.15, 0.2) is 0 Å². The molecule has 1 spiro atoms. The molecule has 1 aliphatic heterocycles. The molecular formula is C21H21BrN2O4. The second-order valence-electron chi connectivity index (χ2n) is 7.24. The van der Waals surface area contributed by atoms with Crippen molar-refractivity contribution in [1.82, 2.24) is 10.5 Å². The lowest BCUT2D eigenvalue weighted by molar-refractivity contribution is -0.148. The number of carbonyl (C=O) groups is 1. The summed E-state index contributed by atoms with van der Waals surface area (Å²) in [7, 11) is 1.36. The number of halogens is 1. The molecule has 0 radical (unpaired) electrons. The summed E-state index contributed by atoms with van der Waals surface area (Å²) in [6, 6.07) is 9.50. The zero-order valence-electron chi connectivity index (χ0n) is 15.8. The van der Waals surface area contributed by atoms with E-state index in [0.717, 1.165) is 21.2 Å². The van der Waals surface area contributed by atoms with Crippen LogP contribution in [-0.4, -0.2) is 28.9 Å². The molecule has 0 amide bonds. The standard InChI is InChI=1S/C21H21BrN2O4/c1-11-8-13(22)9-12(2)17(11)19-16(25)10-14(15-6-4-5-7-23-15)18(20(26)27-3)21(19)24-28-21/h4-9,14,18,24-25H,10H2,1-3H3. The van der Waals surface area contributed by atoms with Gasteiger partial charge in [0.25, 0.3) is 0 Å². The van der Waals surface area contributed by atoms with Crippen LogP contribution < -0.4 is 5.48 Å². The quantitative estimate of drug-likeness (QED) is 0.549. The van der Waals surface area contributed by atoms with Crippen molar-refractivity contribution in [2.24, 2.45) is 5.92 Å². The van der Waals surface area contributed by atoms with Crippen molar-refractivity contribution in [2.75, 3.05) is 7.11 Å².